The minimum absolute atomic E-state index is 0.524. The van der Waals surface area contributed by atoms with E-state index in [9.17, 15) is 0 Å². The Morgan fingerprint density at radius 1 is 1.16 bits per heavy atom. The molecular formula is C17H26N2. The third-order valence-electron chi connectivity index (χ3n) is 4.88. The number of fused-ring (bicyclic) bond motifs is 1. The lowest BCUT2D eigenvalue weighted by molar-refractivity contribution is 0.164. The molecule has 0 amide bonds. The van der Waals surface area contributed by atoms with Crippen molar-refractivity contribution in [3.63, 3.8) is 0 Å². The van der Waals surface area contributed by atoms with Gasteiger partial charge in [0.2, 0.25) is 0 Å². The standard InChI is InChI=1S/C17H26N2/c1-3-18-17-15-9-5-4-8-14(15)13(2)12-16(17)19-10-6-7-11-19/h4-5,8-9,13,16-18H,3,6-7,10-12H2,1-2H3. The summed E-state index contributed by atoms with van der Waals surface area (Å²) < 4.78 is 0. The van der Waals surface area contributed by atoms with Crippen LogP contribution >= 0.6 is 0 Å². The van der Waals surface area contributed by atoms with Crippen LogP contribution in [-0.2, 0) is 0 Å². The van der Waals surface area contributed by atoms with Gasteiger partial charge >= 0.3 is 0 Å². The van der Waals surface area contributed by atoms with Gasteiger partial charge in [0.05, 0.1) is 0 Å². The van der Waals surface area contributed by atoms with Gasteiger partial charge in [-0.2, -0.15) is 0 Å². The second-order valence-corrected chi connectivity index (χ2v) is 6.11. The van der Waals surface area contributed by atoms with Crippen LogP contribution in [0.3, 0.4) is 0 Å². The number of likely N-dealkylation sites (tertiary alicyclic amines) is 1. The van der Waals surface area contributed by atoms with Gasteiger partial charge in [-0.25, -0.2) is 0 Å². The zero-order valence-electron chi connectivity index (χ0n) is 12.2. The molecule has 3 atom stereocenters. The third-order valence-corrected chi connectivity index (χ3v) is 4.88. The normalized spacial score (nSPS) is 31.4. The van der Waals surface area contributed by atoms with Crippen LogP contribution in [0.15, 0.2) is 24.3 Å². The highest BCUT2D eigenvalue weighted by atomic mass is 15.2. The molecule has 2 nitrogen and oxygen atoms in total. The lowest BCUT2D eigenvalue weighted by Crippen LogP contribution is -2.46. The third kappa shape index (κ3) is 2.44. The molecule has 1 aromatic rings. The average Bonchev–Trinajstić information content (AvgIpc) is 2.96. The highest BCUT2D eigenvalue weighted by Gasteiger charge is 2.36. The fourth-order valence-electron chi connectivity index (χ4n) is 3.97. The van der Waals surface area contributed by atoms with E-state index in [0.29, 0.717) is 18.0 Å². The van der Waals surface area contributed by atoms with Gasteiger partial charge in [-0.3, -0.25) is 4.90 Å². The van der Waals surface area contributed by atoms with Gasteiger partial charge in [0.25, 0.3) is 0 Å². The summed E-state index contributed by atoms with van der Waals surface area (Å²) in [6.45, 7) is 8.26. The molecule has 104 valence electrons. The van der Waals surface area contributed by atoms with Gasteiger partial charge < -0.3 is 5.32 Å². The van der Waals surface area contributed by atoms with Crippen LogP contribution in [0.1, 0.15) is 56.2 Å². The number of hydrogen-bond acceptors (Lipinski definition) is 2. The van der Waals surface area contributed by atoms with Crippen LogP contribution in [-0.4, -0.2) is 30.6 Å². The molecule has 3 rings (SSSR count). The van der Waals surface area contributed by atoms with Crippen molar-refractivity contribution >= 4 is 0 Å². The van der Waals surface area contributed by atoms with E-state index in [0.717, 1.165) is 6.54 Å². The molecule has 1 fully saturated rings. The molecule has 1 aliphatic carbocycles. The van der Waals surface area contributed by atoms with Gasteiger partial charge in [0.15, 0.2) is 0 Å². The van der Waals surface area contributed by atoms with Crippen LogP contribution in [0.5, 0.6) is 0 Å². The zero-order valence-corrected chi connectivity index (χ0v) is 12.2. The molecule has 0 aromatic heterocycles. The first-order valence-electron chi connectivity index (χ1n) is 7.87. The Morgan fingerprint density at radius 3 is 2.53 bits per heavy atom. The molecule has 2 heteroatoms. The molecule has 1 aliphatic heterocycles. The van der Waals surface area contributed by atoms with Crippen molar-refractivity contribution in [3.05, 3.63) is 35.4 Å². The molecule has 1 aromatic carbocycles. The molecule has 0 radical (unpaired) electrons. The summed E-state index contributed by atoms with van der Waals surface area (Å²) in [5, 5.41) is 3.75. The Morgan fingerprint density at radius 2 is 1.84 bits per heavy atom. The fraction of sp³-hybridized carbons (Fsp3) is 0.647. The van der Waals surface area contributed by atoms with Crippen molar-refractivity contribution < 1.29 is 0 Å². The maximum atomic E-state index is 3.75. The summed E-state index contributed by atoms with van der Waals surface area (Å²) in [6.07, 6.45) is 4.06. The lowest BCUT2D eigenvalue weighted by Gasteiger charge is -2.42. The van der Waals surface area contributed by atoms with E-state index < -0.39 is 0 Å². The van der Waals surface area contributed by atoms with Gasteiger partial charge in [-0.1, -0.05) is 38.1 Å². The summed E-state index contributed by atoms with van der Waals surface area (Å²) in [5.74, 6) is 0.691. The molecular weight excluding hydrogens is 232 g/mol. The molecule has 19 heavy (non-hydrogen) atoms. The smallest absolute Gasteiger partial charge is 0.0481 e. The number of rotatable bonds is 3. The first-order chi connectivity index (χ1) is 9.31. The molecule has 1 heterocycles. The van der Waals surface area contributed by atoms with E-state index in [1.807, 2.05) is 0 Å². The Balaban J connectivity index is 1.93. The van der Waals surface area contributed by atoms with Crippen LogP contribution in [0.4, 0.5) is 0 Å². The van der Waals surface area contributed by atoms with Crippen molar-refractivity contribution in [2.45, 2.75) is 51.1 Å². The maximum Gasteiger partial charge on any atom is 0.0481 e. The lowest BCUT2D eigenvalue weighted by atomic mass is 9.77. The van der Waals surface area contributed by atoms with Gasteiger partial charge in [0.1, 0.15) is 0 Å². The van der Waals surface area contributed by atoms with Crippen molar-refractivity contribution in [1.82, 2.24) is 10.2 Å². The number of nitrogens with one attached hydrogen (secondary N) is 1. The second-order valence-electron chi connectivity index (χ2n) is 6.11. The predicted molar refractivity (Wildman–Crippen MR) is 80.5 cm³/mol. The van der Waals surface area contributed by atoms with Crippen molar-refractivity contribution in [3.8, 4) is 0 Å². The number of likely N-dealkylation sites (N-methyl/N-ethyl adjacent to an activating group) is 1. The fourth-order valence-corrected chi connectivity index (χ4v) is 3.97. The SMILES string of the molecule is CCNC1c2ccccc2C(C)CC1N1CCCC1. The van der Waals surface area contributed by atoms with E-state index in [1.54, 1.807) is 11.1 Å². The topological polar surface area (TPSA) is 15.3 Å². The van der Waals surface area contributed by atoms with E-state index in [-0.39, 0.29) is 0 Å². The van der Waals surface area contributed by atoms with Crippen LogP contribution in [0.2, 0.25) is 0 Å². The summed E-state index contributed by atoms with van der Waals surface area (Å²) in [7, 11) is 0. The van der Waals surface area contributed by atoms with Gasteiger partial charge in [-0.05, 0) is 55.9 Å². The second kappa shape index (κ2) is 5.64. The summed E-state index contributed by atoms with van der Waals surface area (Å²) in [4.78, 5) is 2.72. The van der Waals surface area contributed by atoms with Gasteiger partial charge in [-0.15, -0.1) is 0 Å². The Bertz CT molecular complexity index is 423. The maximum absolute atomic E-state index is 3.75. The van der Waals surface area contributed by atoms with Crippen molar-refractivity contribution in [2.75, 3.05) is 19.6 Å². The molecule has 2 aliphatic rings. The molecule has 0 bridgehead atoms. The van der Waals surface area contributed by atoms with Crippen LogP contribution in [0.25, 0.3) is 0 Å². The largest absolute Gasteiger partial charge is 0.309 e. The van der Waals surface area contributed by atoms with Crippen LogP contribution < -0.4 is 5.32 Å². The Kier molecular flexibility index (Phi) is 3.90. The van der Waals surface area contributed by atoms with E-state index in [4.69, 9.17) is 0 Å². The van der Waals surface area contributed by atoms with E-state index >= 15 is 0 Å². The zero-order chi connectivity index (χ0) is 13.2. The minimum Gasteiger partial charge on any atom is -0.309 e. The first-order valence-corrected chi connectivity index (χ1v) is 7.87. The van der Waals surface area contributed by atoms with E-state index in [2.05, 4.69) is 48.3 Å². The Labute approximate surface area is 117 Å². The monoisotopic (exact) mass is 258 g/mol. The molecule has 1 saturated heterocycles. The van der Waals surface area contributed by atoms with Gasteiger partial charge in [0, 0.05) is 12.1 Å². The molecule has 1 N–H and O–H groups in total. The number of benzene rings is 1. The quantitative estimate of drug-likeness (QED) is 0.895. The van der Waals surface area contributed by atoms with Crippen LogP contribution in [0, 0.1) is 0 Å². The predicted octanol–water partition coefficient (Wildman–Crippen LogP) is 3.31. The molecule has 3 unspecified atom stereocenters. The summed E-state index contributed by atoms with van der Waals surface area (Å²) in [6, 6.07) is 10.3. The average molecular weight is 258 g/mol. The highest BCUT2D eigenvalue weighted by molar-refractivity contribution is 5.36. The summed E-state index contributed by atoms with van der Waals surface area (Å²) in [5.41, 5.74) is 3.10. The molecule has 0 saturated carbocycles. The van der Waals surface area contributed by atoms with Crippen molar-refractivity contribution in [1.29, 1.82) is 0 Å². The van der Waals surface area contributed by atoms with E-state index in [1.165, 1.54) is 32.4 Å². The Hall–Kier alpha value is -0.860. The number of hydrogen-bond donors (Lipinski definition) is 1. The number of nitrogens with zero attached hydrogens (tertiary/aromatic N) is 1. The highest BCUT2D eigenvalue weighted by Crippen LogP contribution is 2.40. The first kappa shape index (κ1) is 13.1. The minimum atomic E-state index is 0.524. The molecule has 0 spiro atoms. The van der Waals surface area contributed by atoms with Crippen molar-refractivity contribution in [2.24, 2.45) is 0 Å². The summed E-state index contributed by atoms with van der Waals surface area (Å²) >= 11 is 0.